The Morgan fingerprint density at radius 3 is 2.44 bits per heavy atom. The molecule has 16 heavy (non-hydrogen) atoms. The van der Waals surface area contributed by atoms with Crippen molar-refractivity contribution in [3.05, 3.63) is 35.9 Å². The van der Waals surface area contributed by atoms with Crippen LogP contribution in [0.5, 0.6) is 0 Å². The Labute approximate surface area is 97.7 Å². The number of nitrogens with one attached hydrogen (secondary N) is 1. The van der Waals surface area contributed by atoms with Crippen LogP contribution in [-0.4, -0.2) is 17.3 Å². The molecule has 0 aromatic heterocycles. The van der Waals surface area contributed by atoms with Crippen molar-refractivity contribution in [2.45, 2.75) is 45.4 Å². The summed E-state index contributed by atoms with van der Waals surface area (Å²) in [4.78, 5) is 0. The number of hydrogen-bond donors (Lipinski definition) is 2. The molecule has 88 valence electrons. The van der Waals surface area contributed by atoms with E-state index in [0.29, 0.717) is 12.1 Å². The number of hydrogen-bond acceptors (Lipinski definition) is 2. The molecule has 1 aliphatic carbocycles. The molecule has 0 heterocycles. The van der Waals surface area contributed by atoms with Gasteiger partial charge >= 0.3 is 0 Å². The second-order valence-corrected chi connectivity index (χ2v) is 5.42. The molecule has 0 bridgehead atoms. The molecule has 2 unspecified atom stereocenters. The molecule has 2 N–H and O–H groups in total. The van der Waals surface area contributed by atoms with Gasteiger partial charge in [0, 0.05) is 17.5 Å². The third-order valence-electron chi connectivity index (χ3n) is 3.97. The van der Waals surface area contributed by atoms with E-state index in [1.165, 1.54) is 5.56 Å². The van der Waals surface area contributed by atoms with Gasteiger partial charge in [-0.15, -0.1) is 0 Å². The average molecular weight is 219 g/mol. The van der Waals surface area contributed by atoms with Crippen LogP contribution in [-0.2, 0) is 0 Å². The first-order valence-electron chi connectivity index (χ1n) is 6.01. The molecule has 1 fully saturated rings. The van der Waals surface area contributed by atoms with Crippen LogP contribution in [0.2, 0.25) is 0 Å². The normalized spacial score (nSPS) is 29.5. The van der Waals surface area contributed by atoms with Crippen molar-refractivity contribution >= 4 is 0 Å². The van der Waals surface area contributed by atoms with E-state index in [9.17, 15) is 5.11 Å². The van der Waals surface area contributed by atoms with Gasteiger partial charge in [-0.1, -0.05) is 44.2 Å². The Kier molecular flexibility index (Phi) is 3.04. The molecule has 2 heteroatoms. The number of aliphatic hydroxyl groups is 1. The summed E-state index contributed by atoms with van der Waals surface area (Å²) in [6.07, 6.45) is 0.706. The fourth-order valence-corrected chi connectivity index (χ4v) is 2.33. The second kappa shape index (κ2) is 4.19. The Morgan fingerprint density at radius 2 is 1.94 bits per heavy atom. The highest BCUT2D eigenvalue weighted by Gasteiger charge is 2.47. The molecule has 0 aliphatic heterocycles. The van der Waals surface area contributed by atoms with E-state index >= 15 is 0 Å². The lowest BCUT2D eigenvalue weighted by Crippen LogP contribution is -2.60. The summed E-state index contributed by atoms with van der Waals surface area (Å²) in [5.41, 5.74) is 1.31. The molecule has 0 saturated heterocycles. The van der Waals surface area contributed by atoms with Crippen LogP contribution < -0.4 is 5.32 Å². The molecule has 1 aromatic rings. The van der Waals surface area contributed by atoms with E-state index in [2.05, 4.69) is 50.4 Å². The molecule has 1 aliphatic rings. The van der Waals surface area contributed by atoms with E-state index in [1.54, 1.807) is 0 Å². The Morgan fingerprint density at radius 1 is 1.31 bits per heavy atom. The lowest BCUT2D eigenvalue weighted by molar-refractivity contribution is -0.0754. The van der Waals surface area contributed by atoms with E-state index in [0.717, 1.165) is 6.42 Å². The molecule has 0 radical (unpaired) electrons. The summed E-state index contributed by atoms with van der Waals surface area (Å²) in [6, 6.07) is 11.2. The van der Waals surface area contributed by atoms with Crippen molar-refractivity contribution in [3.63, 3.8) is 0 Å². The zero-order valence-electron chi connectivity index (χ0n) is 10.3. The maximum absolute atomic E-state index is 9.69. The maximum Gasteiger partial charge on any atom is 0.0621 e. The van der Waals surface area contributed by atoms with Gasteiger partial charge in [0.1, 0.15) is 0 Å². The molecule has 3 atom stereocenters. The van der Waals surface area contributed by atoms with Crippen LogP contribution in [0.15, 0.2) is 30.3 Å². The van der Waals surface area contributed by atoms with Gasteiger partial charge in [-0.25, -0.2) is 0 Å². The molecule has 2 rings (SSSR count). The summed E-state index contributed by atoms with van der Waals surface area (Å²) in [5.74, 6) is 0. The molecule has 0 amide bonds. The second-order valence-electron chi connectivity index (χ2n) is 5.42. The summed E-state index contributed by atoms with van der Waals surface area (Å²) in [6.45, 7) is 6.42. The summed E-state index contributed by atoms with van der Waals surface area (Å²) in [5, 5.41) is 13.3. The van der Waals surface area contributed by atoms with E-state index < -0.39 is 0 Å². The van der Waals surface area contributed by atoms with Crippen LogP contribution in [0.4, 0.5) is 0 Å². The zero-order valence-corrected chi connectivity index (χ0v) is 10.3. The SMILES string of the molecule is C[C@@H](NC1CC(O)C1(C)C)c1ccccc1. The van der Waals surface area contributed by atoms with E-state index in [1.807, 2.05) is 6.07 Å². The van der Waals surface area contributed by atoms with E-state index in [4.69, 9.17) is 0 Å². The number of aliphatic hydroxyl groups excluding tert-OH is 1. The third-order valence-corrected chi connectivity index (χ3v) is 3.97. The minimum atomic E-state index is -0.159. The fraction of sp³-hybridized carbons (Fsp3) is 0.571. The molecule has 2 nitrogen and oxygen atoms in total. The minimum absolute atomic E-state index is 0.00302. The first-order chi connectivity index (χ1) is 7.51. The smallest absolute Gasteiger partial charge is 0.0621 e. The minimum Gasteiger partial charge on any atom is -0.392 e. The van der Waals surface area contributed by atoms with Gasteiger partial charge in [0.25, 0.3) is 0 Å². The van der Waals surface area contributed by atoms with Crippen LogP contribution in [0, 0.1) is 5.41 Å². The van der Waals surface area contributed by atoms with Crippen LogP contribution in [0.3, 0.4) is 0 Å². The largest absolute Gasteiger partial charge is 0.392 e. The van der Waals surface area contributed by atoms with Crippen molar-refractivity contribution in [2.24, 2.45) is 5.41 Å². The molecular weight excluding hydrogens is 198 g/mol. The first-order valence-corrected chi connectivity index (χ1v) is 6.01. The van der Waals surface area contributed by atoms with Crippen LogP contribution >= 0.6 is 0 Å². The molecular formula is C14H21NO. The van der Waals surface area contributed by atoms with E-state index in [-0.39, 0.29) is 11.5 Å². The van der Waals surface area contributed by atoms with Crippen LogP contribution in [0.25, 0.3) is 0 Å². The van der Waals surface area contributed by atoms with Gasteiger partial charge in [-0.3, -0.25) is 0 Å². The van der Waals surface area contributed by atoms with Crippen molar-refractivity contribution < 1.29 is 5.11 Å². The van der Waals surface area contributed by atoms with Crippen molar-refractivity contribution in [2.75, 3.05) is 0 Å². The standard InChI is InChI=1S/C14H21NO/c1-10(11-7-5-4-6-8-11)15-12-9-13(16)14(12,2)3/h4-8,10,12-13,15-16H,9H2,1-3H3/t10-,12?,13?/m1/s1. The quantitative estimate of drug-likeness (QED) is 0.818. The molecule has 1 aromatic carbocycles. The first kappa shape index (κ1) is 11.6. The highest BCUT2D eigenvalue weighted by molar-refractivity contribution is 5.19. The Hall–Kier alpha value is -0.860. The number of benzene rings is 1. The lowest BCUT2D eigenvalue weighted by Gasteiger charge is -2.50. The summed E-state index contributed by atoms with van der Waals surface area (Å²) < 4.78 is 0. The molecule has 0 spiro atoms. The molecule has 1 saturated carbocycles. The van der Waals surface area contributed by atoms with Gasteiger partial charge < -0.3 is 10.4 Å². The highest BCUT2D eigenvalue weighted by atomic mass is 16.3. The van der Waals surface area contributed by atoms with Gasteiger partial charge in [-0.05, 0) is 18.9 Å². The number of rotatable bonds is 3. The van der Waals surface area contributed by atoms with Crippen LogP contribution in [0.1, 0.15) is 38.8 Å². The lowest BCUT2D eigenvalue weighted by atomic mass is 9.64. The maximum atomic E-state index is 9.69. The predicted molar refractivity (Wildman–Crippen MR) is 66.2 cm³/mol. The average Bonchev–Trinajstić information content (AvgIpc) is 2.29. The van der Waals surface area contributed by atoms with Gasteiger partial charge in [0.2, 0.25) is 0 Å². The van der Waals surface area contributed by atoms with Crippen molar-refractivity contribution in [1.82, 2.24) is 5.32 Å². The van der Waals surface area contributed by atoms with Crippen molar-refractivity contribution in [1.29, 1.82) is 0 Å². The van der Waals surface area contributed by atoms with Gasteiger partial charge in [0.15, 0.2) is 0 Å². The monoisotopic (exact) mass is 219 g/mol. The Bertz CT molecular complexity index is 347. The van der Waals surface area contributed by atoms with Gasteiger partial charge in [-0.2, -0.15) is 0 Å². The topological polar surface area (TPSA) is 32.3 Å². The summed E-state index contributed by atoms with van der Waals surface area (Å²) >= 11 is 0. The highest BCUT2D eigenvalue weighted by Crippen LogP contribution is 2.41. The third kappa shape index (κ3) is 2.00. The Balaban J connectivity index is 1.97. The van der Waals surface area contributed by atoms with Gasteiger partial charge in [0.05, 0.1) is 6.10 Å². The fourth-order valence-electron chi connectivity index (χ4n) is 2.33. The van der Waals surface area contributed by atoms with Crippen molar-refractivity contribution in [3.8, 4) is 0 Å². The predicted octanol–water partition coefficient (Wildman–Crippen LogP) is 2.50. The zero-order chi connectivity index (χ0) is 11.8. The summed E-state index contributed by atoms with van der Waals surface area (Å²) in [7, 11) is 0.